The maximum atomic E-state index is 15.6. The van der Waals surface area contributed by atoms with Gasteiger partial charge in [-0.2, -0.15) is 0 Å². The molecule has 40 heavy (non-hydrogen) atoms. The van der Waals surface area contributed by atoms with Gasteiger partial charge in [0.2, 0.25) is 0 Å². The second-order valence-corrected chi connectivity index (χ2v) is 12.0. The van der Waals surface area contributed by atoms with Crippen molar-refractivity contribution in [3.63, 3.8) is 0 Å². The van der Waals surface area contributed by atoms with E-state index in [1.54, 1.807) is 0 Å². The molecule has 0 amide bonds. The largest absolute Gasteiger partial charge is 0.481 e. The fourth-order valence-electron chi connectivity index (χ4n) is 6.40. The van der Waals surface area contributed by atoms with Gasteiger partial charge in [-0.1, -0.05) is 126 Å². The van der Waals surface area contributed by atoms with Gasteiger partial charge in [0.15, 0.2) is 0 Å². The molecule has 0 heterocycles. The molecule has 4 atom stereocenters. The highest BCUT2D eigenvalue weighted by Crippen LogP contribution is 2.45. The standard InChI is InChI=1S/C36H53FO3/c1-3-5-7-8-9-14-27-40-33(19-11-6-4-2)20-15-18-31-25-26-36(35(38)39,28-34(31)37)32-23-21-30(22-24-32)29-16-12-10-13-17-29/h10,12-13,16-17,21-24,31,33-34H,3-9,11,14-15,18-20,25-28H2,1-2H3,(H,38,39)/t31-,33?,34?,36-/m1/s1. The fourth-order valence-corrected chi connectivity index (χ4v) is 6.40. The lowest BCUT2D eigenvalue weighted by Crippen LogP contribution is -2.44. The fraction of sp³-hybridized carbons (Fsp3) is 0.639. The van der Waals surface area contributed by atoms with Crippen LogP contribution in [0.15, 0.2) is 54.6 Å². The number of rotatable bonds is 19. The van der Waals surface area contributed by atoms with Gasteiger partial charge >= 0.3 is 5.97 Å². The molecule has 2 aromatic carbocycles. The highest BCUT2D eigenvalue weighted by atomic mass is 19.1. The van der Waals surface area contributed by atoms with Crippen molar-refractivity contribution in [1.29, 1.82) is 0 Å². The molecule has 1 aliphatic rings. The minimum absolute atomic E-state index is 0.0617. The molecule has 0 saturated heterocycles. The average Bonchev–Trinajstić information content (AvgIpc) is 2.97. The number of benzene rings is 2. The topological polar surface area (TPSA) is 46.5 Å². The van der Waals surface area contributed by atoms with Gasteiger partial charge in [0.05, 0.1) is 11.5 Å². The van der Waals surface area contributed by atoms with Crippen LogP contribution in [-0.2, 0) is 14.9 Å². The van der Waals surface area contributed by atoms with E-state index in [-0.39, 0.29) is 18.4 Å². The van der Waals surface area contributed by atoms with Crippen molar-refractivity contribution in [2.45, 2.75) is 134 Å². The average molecular weight is 553 g/mol. The lowest BCUT2D eigenvalue weighted by atomic mass is 9.65. The van der Waals surface area contributed by atoms with E-state index in [2.05, 4.69) is 13.8 Å². The zero-order valence-electron chi connectivity index (χ0n) is 25.1. The van der Waals surface area contributed by atoms with E-state index in [4.69, 9.17) is 4.74 Å². The van der Waals surface area contributed by atoms with Crippen molar-refractivity contribution in [3.8, 4) is 11.1 Å². The maximum absolute atomic E-state index is 15.6. The highest BCUT2D eigenvalue weighted by molar-refractivity contribution is 5.82. The number of aliphatic carboxylic acids is 1. The molecule has 1 saturated carbocycles. The molecule has 0 bridgehead atoms. The summed E-state index contributed by atoms with van der Waals surface area (Å²) in [7, 11) is 0. The van der Waals surface area contributed by atoms with Crippen molar-refractivity contribution >= 4 is 5.97 Å². The number of carboxylic acid groups (broad SMARTS) is 1. The van der Waals surface area contributed by atoms with E-state index in [1.165, 1.54) is 51.4 Å². The molecule has 2 aromatic rings. The van der Waals surface area contributed by atoms with Crippen molar-refractivity contribution in [2.24, 2.45) is 5.92 Å². The molecular weight excluding hydrogens is 499 g/mol. The summed E-state index contributed by atoms with van der Waals surface area (Å²) in [6, 6.07) is 17.8. The Bertz CT molecular complexity index is 960. The van der Waals surface area contributed by atoms with Crippen LogP contribution in [0.3, 0.4) is 0 Å². The summed E-state index contributed by atoms with van der Waals surface area (Å²) in [6.07, 6.45) is 15.4. The molecule has 0 aromatic heterocycles. The van der Waals surface area contributed by atoms with Crippen molar-refractivity contribution in [2.75, 3.05) is 6.61 Å². The molecule has 1 N–H and O–H groups in total. The van der Waals surface area contributed by atoms with E-state index in [9.17, 15) is 9.90 Å². The Morgan fingerprint density at radius 1 is 0.875 bits per heavy atom. The van der Waals surface area contributed by atoms with E-state index in [0.29, 0.717) is 12.8 Å². The molecule has 0 spiro atoms. The number of hydrogen-bond acceptors (Lipinski definition) is 2. The summed E-state index contributed by atoms with van der Waals surface area (Å²) >= 11 is 0. The zero-order chi connectivity index (χ0) is 28.6. The van der Waals surface area contributed by atoms with Crippen LogP contribution in [0.25, 0.3) is 11.1 Å². The third kappa shape index (κ3) is 9.72. The Morgan fingerprint density at radius 3 is 2.17 bits per heavy atom. The van der Waals surface area contributed by atoms with Gasteiger partial charge in [0.1, 0.15) is 6.17 Å². The van der Waals surface area contributed by atoms with Gasteiger partial charge in [0, 0.05) is 6.61 Å². The van der Waals surface area contributed by atoms with E-state index >= 15 is 4.39 Å². The van der Waals surface area contributed by atoms with Gasteiger partial charge in [-0.15, -0.1) is 0 Å². The molecule has 4 heteroatoms. The summed E-state index contributed by atoms with van der Waals surface area (Å²) in [6.45, 7) is 5.31. The predicted octanol–water partition coefficient (Wildman–Crippen LogP) is 10.3. The van der Waals surface area contributed by atoms with Gasteiger partial charge in [-0.3, -0.25) is 4.79 Å². The molecule has 3 nitrogen and oxygen atoms in total. The Kier molecular flexibility index (Phi) is 14.2. The van der Waals surface area contributed by atoms with Crippen LogP contribution in [0.1, 0.15) is 122 Å². The quantitative estimate of drug-likeness (QED) is 0.176. The van der Waals surface area contributed by atoms with Crippen molar-refractivity contribution in [1.82, 2.24) is 0 Å². The van der Waals surface area contributed by atoms with E-state index < -0.39 is 17.6 Å². The van der Waals surface area contributed by atoms with Crippen LogP contribution in [-0.4, -0.2) is 30.0 Å². The van der Waals surface area contributed by atoms with Gasteiger partial charge < -0.3 is 9.84 Å². The monoisotopic (exact) mass is 552 g/mol. The second-order valence-electron chi connectivity index (χ2n) is 12.0. The first kappa shape index (κ1) is 32.3. The summed E-state index contributed by atoms with van der Waals surface area (Å²) in [5.74, 6) is -0.967. The number of unbranched alkanes of at least 4 members (excludes halogenated alkanes) is 7. The van der Waals surface area contributed by atoms with Crippen LogP contribution >= 0.6 is 0 Å². The molecule has 0 aliphatic heterocycles. The van der Waals surface area contributed by atoms with Gasteiger partial charge in [0.25, 0.3) is 0 Å². The number of carboxylic acids is 1. The Hall–Kier alpha value is -2.20. The van der Waals surface area contributed by atoms with Gasteiger partial charge in [-0.25, -0.2) is 4.39 Å². The first-order valence-corrected chi connectivity index (χ1v) is 16.1. The van der Waals surface area contributed by atoms with Crippen molar-refractivity contribution < 1.29 is 19.0 Å². The first-order valence-electron chi connectivity index (χ1n) is 16.1. The summed E-state index contributed by atoms with van der Waals surface area (Å²) < 4.78 is 21.9. The number of hydrogen-bond donors (Lipinski definition) is 1. The molecule has 3 rings (SSSR count). The zero-order valence-corrected chi connectivity index (χ0v) is 25.1. The molecule has 1 aliphatic carbocycles. The Balaban J connectivity index is 1.50. The van der Waals surface area contributed by atoms with E-state index in [0.717, 1.165) is 55.4 Å². The third-order valence-corrected chi connectivity index (χ3v) is 9.03. The molecular formula is C36H53FO3. The van der Waals surface area contributed by atoms with Crippen LogP contribution in [0, 0.1) is 5.92 Å². The smallest absolute Gasteiger partial charge is 0.314 e. The summed E-state index contributed by atoms with van der Waals surface area (Å²) in [5, 5.41) is 10.3. The van der Waals surface area contributed by atoms with Crippen LogP contribution in [0.5, 0.6) is 0 Å². The highest BCUT2D eigenvalue weighted by Gasteiger charge is 2.47. The normalized spacial score (nSPS) is 21.8. The number of alkyl halides is 1. The SMILES string of the molecule is CCCCCCCCOC(CCCCC)CCC[C@@H]1CC[C@](C(=O)O)(c2ccc(-c3ccccc3)cc2)CC1F. The number of carbonyl (C=O) groups is 1. The third-order valence-electron chi connectivity index (χ3n) is 9.03. The predicted molar refractivity (Wildman–Crippen MR) is 165 cm³/mol. The minimum Gasteiger partial charge on any atom is -0.481 e. The molecule has 2 unspecified atom stereocenters. The maximum Gasteiger partial charge on any atom is 0.314 e. The lowest BCUT2D eigenvalue weighted by molar-refractivity contribution is -0.147. The molecule has 1 fully saturated rings. The first-order chi connectivity index (χ1) is 19.5. The minimum atomic E-state index is -1.14. The summed E-state index contributed by atoms with van der Waals surface area (Å²) in [4.78, 5) is 12.5. The number of ether oxygens (including phenoxy) is 1. The van der Waals surface area contributed by atoms with Crippen LogP contribution < -0.4 is 0 Å². The van der Waals surface area contributed by atoms with Crippen LogP contribution in [0.4, 0.5) is 4.39 Å². The number of halogens is 1. The summed E-state index contributed by atoms with van der Waals surface area (Å²) in [5.41, 5.74) is 1.71. The van der Waals surface area contributed by atoms with Crippen LogP contribution in [0.2, 0.25) is 0 Å². The lowest BCUT2D eigenvalue weighted by Gasteiger charge is -2.39. The van der Waals surface area contributed by atoms with E-state index in [1.807, 2.05) is 54.6 Å². The molecule has 222 valence electrons. The Morgan fingerprint density at radius 2 is 1.50 bits per heavy atom. The van der Waals surface area contributed by atoms with Gasteiger partial charge in [-0.05, 0) is 67.6 Å². The second kappa shape index (κ2) is 17.6. The Labute approximate surface area is 242 Å². The van der Waals surface area contributed by atoms with Crippen molar-refractivity contribution in [3.05, 3.63) is 60.2 Å². The molecule has 0 radical (unpaired) electrons.